The lowest BCUT2D eigenvalue weighted by Gasteiger charge is -2.11. The minimum absolute atomic E-state index is 0.161. The molecule has 3 rings (SSSR count). The maximum Gasteiger partial charge on any atom is 0.262 e. The second kappa shape index (κ2) is 10.8. The van der Waals surface area contributed by atoms with Gasteiger partial charge in [-0.1, -0.05) is 42.0 Å². The number of amides is 1. The minimum atomic E-state index is -0.276. The van der Waals surface area contributed by atoms with Crippen LogP contribution in [0.15, 0.2) is 72.8 Å². The molecule has 3 aromatic rings. The van der Waals surface area contributed by atoms with Crippen molar-refractivity contribution >= 4 is 23.5 Å². The molecule has 32 heavy (non-hydrogen) atoms. The predicted octanol–water partition coefficient (Wildman–Crippen LogP) is 4.93. The van der Waals surface area contributed by atoms with Crippen LogP contribution in [-0.2, 0) is 4.79 Å². The number of anilines is 1. The highest BCUT2D eigenvalue weighted by atomic mass is 16.5. The summed E-state index contributed by atoms with van der Waals surface area (Å²) < 4.78 is 16.2. The first-order valence-electron chi connectivity index (χ1n) is 10.0. The van der Waals surface area contributed by atoms with E-state index in [2.05, 4.69) is 5.32 Å². The average Bonchev–Trinajstić information content (AvgIpc) is 2.82. The number of hydrogen-bond donors (Lipinski definition) is 1. The molecule has 0 heterocycles. The number of benzene rings is 3. The fourth-order valence-corrected chi connectivity index (χ4v) is 2.99. The Balaban J connectivity index is 1.63. The number of methoxy groups -OCH3 is 2. The second-order valence-electron chi connectivity index (χ2n) is 7.01. The molecule has 0 saturated carbocycles. The van der Waals surface area contributed by atoms with Gasteiger partial charge < -0.3 is 19.5 Å². The summed E-state index contributed by atoms with van der Waals surface area (Å²) >= 11 is 0. The van der Waals surface area contributed by atoms with Crippen LogP contribution in [0.2, 0.25) is 0 Å². The number of hydrogen-bond acceptors (Lipinski definition) is 5. The highest BCUT2D eigenvalue weighted by Gasteiger charge is 2.10. The summed E-state index contributed by atoms with van der Waals surface area (Å²) in [4.78, 5) is 24.7. The number of para-hydroxylation sites is 1. The maximum atomic E-state index is 12.5. The van der Waals surface area contributed by atoms with Crippen LogP contribution in [0.4, 0.5) is 5.69 Å². The Hall–Kier alpha value is -4.06. The fraction of sp³-hybridized carbons (Fsp3) is 0.154. The summed E-state index contributed by atoms with van der Waals surface area (Å²) in [5.74, 6) is 0.962. The summed E-state index contributed by atoms with van der Waals surface area (Å²) in [6.07, 6.45) is 3.16. The third-order valence-corrected chi connectivity index (χ3v) is 4.68. The molecule has 6 heteroatoms. The zero-order valence-corrected chi connectivity index (χ0v) is 18.3. The molecule has 164 valence electrons. The van der Waals surface area contributed by atoms with Crippen LogP contribution in [0, 0.1) is 6.92 Å². The van der Waals surface area contributed by atoms with Gasteiger partial charge in [0.2, 0.25) is 0 Å². The lowest BCUT2D eigenvalue weighted by molar-refractivity contribution is -0.118. The topological polar surface area (TPSA) is 73.9 Å². The smallest absolute Gasteiger partial charge is 0.262 e. The lowest BCUT2D eigenvalue weighted by atomic mass is 10.1. The maximum absolute atomic E-state index is 12.5. The van der Waals surface area contributed by atoms with Gasteiger partial charge >= 0.3 is 0 Å². The summed E-state index contributed by atoms with van der Waals surface area (Å²) in [6.45, 7) is 1.82. The van der Waals surface area contributed by atoms with E-state index in [4.69, 9.17) is 14.2 Å². The van der Waals surface area contributed by atoms with Gasteiger partial charge in [0.25, 0.3) is 5.91 Å². The molecule has 1 N–H and O–H groups in total. The normalized spacial score (nSPS) is 10.6. The summed E-state index contributed by atoms with van der Waals surface area (Å²) in [5, 5.41) is 2.78. The van der Waals surface area contributed by atoms with E-state index in [0.717, 1.165) is 11.1 Å². The quantitative estimate of drug-likeness (QED) is 0.384. The highest BCUT2D eigenvalue weighted by molar-refractivity contribution is 6.08. The monoisotopic (exact) mass is 431 g/mol. The first-order chi connectivity index (χ1) is 15.5. The lowest BCUT2D eigenvalue weighted by Crippen LogP contribution is -2.20. The van der Waals surface area contributed by atoms with Crippen LogP contribution in [0.25, 0.3) is 6.08 Å². The van der Waals surface area contributed by atoms with Gasteiger partial charge in [0, 0.05) is 5.69 Å². The number of ketones is 1. The largest absolute Gasteiger partial charge is 0.496 e. The van der Waals surface area contributed by atoms with Gasteiger partial charge in [-0.25, -0.2) is 0 Å². The number of carbonyl (C=O) groups is 2. The molecule has 0 aliphatic heterocycles. The van der Waals surface area contributed by atoms with Crippen molar-refractivity contribution in [1.29, 1.82) is 0 Å². The molecule has 0 spiro atoms. The molecule has 3 aromatic carbocycles. The van der Waals surface area contributed by atoms with Crippen molar-refractivity contribution in [3.05, 3.63) is 89.5 Å². The highest BCUT2D eigenvalue weighted by Crippen LogP contribution is 2.29. The molecule has 0 aliphatic rings. The standard InChI is InChI=1S/C26H25NO5/c1-18-8-12-20(13-9-18)27-26(29)17-32-24-15-11-19(16-25(24)31-3)10-14-22(28)21-6-4-5-7-23(21)30-2/h4-16H,17H2,1-3H3,(H,27,29)/b14-10+. The van der Waals surface area contributed by atoms with Crippen molar-refractivity contribution in [2.24, 2.45) is 0 Å². The van der Waals surface area contributed by atoms with Gasteiger partial charge in [-0.3, -0.25) is 9.59 Å². The summed E-state index contributed by atoms with van der Waals surface area (Å²) in [7, 11) is 3.04. The number of nitrogens with one attached hydrogen (secondary N) is 1. The number of allylic oxidation sites excluding steroid dienone is 1. The molecular formula is C26H25NO5. The number of ether oxygens (including phenoxy) is 3. The van der Waals surface area contributed by atoms with Gasteiger partial charge in [0.15, 0.2) is 23.9 Å². The van der Waals surface area contributed by atoms with E-state index >= 15 is 0 Å². The third kappa shape index (κ3) is 5.98. The van der Waals surface area contributed by atoms with Gasteiger partial charge in [0.1, 0.15) is 5.75 Å². The van der Waals surface area contributed by atoms with Crippen molar-refractivity contribution in [3.8, 4) is 17.2 Å². The first-order valence-corrected chi connectivity index (χ1v) is 10.0. The van der Waals surface area contributed by atoms with Gasteiger partial charge in [0.05, 0.1) is 19.8 Å². The van der Waals surface area contributed by atoms with Crippen LogP contribution >= 0.6 is 0 Å². The SMILES string of the molecule is COc1cc(/C=C/C(=O)c2ccccc2OC)ccc1OCC(=O)Nc1ccc(C)cc1. The van der Waals surface area contributed by atoms with Gasteiger partial charge in [-0.15, -0.1) is 0 Å². The molecule has 1 amide bonds. The number of rotatable bonds is 9. The van der Waals surface area contributed by atoms with Crippen LogP contribution in [0.3, 0.4) is 0 Å². The molecule has 0 saturated heterocycles. The van der Waals surface area contributed by atoms with E-state index in [9.17, 15) is 9.59 Å². The Labute approximate surface area is 187 Å². The summed E-state index contributed by atoms with van der Waals surface area (Å²) in [6, 6.07) is 19.8. The van der Waals surface area contributed by atoms with Crippen LogP contribution in [0.1, 0.15) is 21.5 Å². The summed E-state index contributed by atoms with van der Waals surface area (Å²) in [5.41, 5.74) is 3.05. The Bertz CT molecular complexity index is 1120. The van der Waals surface area contributed by atoms with E-state index in [-0.39, 0.29) is 18.3 Å². The molecule has 0 fully saturated rings. The van der Waals surface area contributed by atoms with Crippen LogP contribution < -0.4 is 19.5 Å². The molecule has 0 aromatic heterocycles. The zero-order valence-electron chi connectivity index (χ0n) is 18.3. The van der Waals surface area contributed by atoms with Crippen LogP contribution in [0.5, 0.6) is 17.2 Å². The molecule has 0 unspecified atom stereocenters. The van der Waals surface area contributed by atoms with Crippen LogP contribution in [-0.4, -0.2) is 32.5 Å². The van der Waals surface area contributed by atoms with Crippen molar-refractivity contribution in [3.63, 3.8) is 0 Å². The van der Waals surface area contributed by atoms with E-state index in [1.54, 1.807) is 42.5 Å². The van der Waals surface area contributed by atoms with E-state index in [0.29, 0.717) is 28.5 Å². The molecular weight excluding hydrogens is 406 g/mol. The van der Waals surface area contributed by atoms with Crippen molar-refractivity contribution in [2.45, 2.75) is 6.92 Å². The fourth-order valence-electron chi connectivity index (χ4n) is 2.99. The van der Waals surface area contributed by atoms with Crippen molar-refractivity contribution < 1.29 is 23.8 Å². The minimum Gasteiger partial charge on any atom is -0.496 e. The van der Waals surface area contributed by atoms with Crippen molar-refractivity contribution in [1.82, 2.24) is 0 Å². The Morgan fingerprint density at radius 3 is 2.31 bits per heavy atom. The number of aryl methyl sites for hydroxylation is 1. The molecule has 0 atom stereocenters. The Morgan fingerprint density at radius 2 is 1.59 bits per heavy atom. The van der Waals surface area contributed by atoms with Gasteiger partial charge in [-0.2, -0.15) is 0 Å². The van der Waals surface area contributed by atoms with E-state index < -0.39 is 0 Å². The first kappa shape index (κ1) is 22.6. The second-order valence-corrected chi connectivity index (χ2v) is 7.01. The number of carbonyl (C=O) groups excluding carboxylic acids is 2. The van der Waals surface area contributed by atoms with E-state index in [1.165, 1.54) is 20.3 Å². The Kier molecular flexibility index (Phi) is 7.65. The third-order valence-electron chi connectivity index (χ3n) is 4.68. The Morgan fingerprint density at radius 1 is 0.875 bits per heavy atom. The van der Waals surface area contributed by atoms with Crippen molar-refractivity contribution in [2.75, 3.05) is 26.1 Å². The predicted molar refractivity (Wildman–Crippen MR) is 125 cm³/mol. The average molecular weight is 431 g/mol. The van der Waals surface area contributed by atoms with E-state index in [1.807, 2.05) is 37.3 Å². The molecule has 0 aliphatic carbocycles. The molecule has 0 bridgehead atoms. The molecule has 0 radical (unpaired) electrons. The molecule has 6 nitrogen and oxygen atoms in total. The van der Waals surface area contributed by atoms with Gasteiger partial charge in [-0.05, 0) is 55.0 Å². The zero-order chi connectivity index (χ0) is 22.9.